The zero-order valence-corrected chi connectivity index (χ0v) is 15.4. The van der Waals surface area contributed by atoms with Crippen LogP contribution in [0.2, 0.25) is 5.02 Å². The van der Waals surface area contributed by atoms with Crippen molar-refractivity contribution in [3.63, 3.8) is 0 Å². The quantitative estimate of drug-likeness (QED) is 0.699. The van der Waals surface area contributed by atoms with E-state index in [0.717, 1.165) is 40.8 Å². The molecule has 0 aliphatic carbocycles. The van der Waals surface area contributed by atoms with Crippen LogP contribution >= 0.6 is 11.6 Å². The van der Waals surface area contributed by atoms with Gasteiger partial charge in [0.1, 0.15) is 17.4 Å². The van der Waals surface area contributed by atoms with E-state index >= 15 is 0 Å². The molecule has 6 heteroatoms. The Balaban J connectivity index is 1.84. The molecule has 0 aliphatic rings. The van der Waals surface area contributed by atoms with Gasteiger partial charge < -0.3 is 10.3 Å². The van der Waals surface area contributed by atoms with Crippen LogP contribution in [0.25, 0.3) is 21.9 Å². The molecule has 0 atom stereocenters. The van der Waals surface area contributed by atoms with Crippen molar-refractivity contribution in [2.45, 2.75) is 39.8 Å². The largest absolute Gasteiger partial charge is 0.367 e. The maximum Gasteiger partial charge on any atom is 0.153 e. The number of anilines is 1. The predicted molar refractivity (Wildman–Crippen MR) is 102 cm³/mol. The Morgan fingerprint density at radius 2 is 1.92 bits per heavy atom. The first-order chi connectivity index (χ1) is 11.5. The van der Waals surface area contributed by atoms with E-state index in [2.05, 4.69) is 52.9 Å². The first-order valence-electron chi connectivity index (χ1n) is 8.39. The van der Waals surface area contributed by atoms with Crippen LogP contribution in [0.3, 0.4) is 0 Å². The van der Waals surface area contributed by atoms with E-state index in [4.69, 9.17) is 11.6 Å². The van der Waals surface area contributed by atoms with Gasteiger partial charge in [0.2, 0.25) is 0 Å². The van der Waals surface area contributed by atoms with Gasteiger partial charge in [0.25, 0.3) is 0 Å². The maximum absolute atomic E-state index is 6.12. The number of benzene rings is 1. The van der Waals surface area contributed by atoms with Gasteiger partial charge in [-0.1, -0.05) is 11.6 Å². The van der Waals surface area contributed by atoms with E-state index in [1.54, 1.807) is 6.33 Å². The van der Waals surface area contributed by atoms with Crippen molar-refractivity contribution in [2.24, 2.45) is 0 Å². The van der Waals surface area contributed by atoms with Crippen molar-refractivity contribution in [3.8, 4) is 0 Å². The SMILES string of the molecule is CC(C)N(CCNc1ncnc2c1[nH]c1ccc(Cl)cc12)C(C)C. The van der Waals surface area contributed by atoms with Crippen LogP contribution in [0, 0.1) is 0 Å². The first-order valence-corrected chi connectivity index (χ1v) is 8.76. The number of aromatic nitrogens is 3. The van der Waals surface area contributed by atoms with Gasteiger partial charge in [0.15, 0.2) is 5.82 Å². The molecule has 0 bridgehead atoms. The second-order valence-electron chi connectivity index (χ2n) is 6.61. The van der Waals surface area contributed by atoms with Crippen LogP contribution in [0.15, 0.2) is 24.5 Å². The standard InChI is InChI=1S/C18H24ClN5/c1-11(2)24(12(3)4)8-7-20-18-17-16(21-10-22-18)14-9-13(19)5-6-15(14)23-17/h5-6,9-12,23H,7-8H2,1-4H3,(H,20,21,22). The molecule has 0 spiro atoms. The lowest BCUT2D eigenvalue weighted by Gasteiger charge is -2.30. The van der Waals surface area contributed by atoms with Gasteiger partial charge in [0.05, 0.1) is 0 Å². The number of nitrogens with zero attached hydrogens (tertiary/aromatic N) is 3. The highest BCUT2D eigenvalue weighted by Crippen LogP contribution is 2.29. The molecule has 3 aromatic rings. The van der Waals surface area contributed by atoms with Crippen molar-refractivity contribution in [1.82, 2.24) is 19.9 Å². The lowest BCUT2D eigenvalue weighted by Crippen LogP contribution is -2.40. The van der Waals surface area contributed by atoms with E-state index in [-0.39, 0.29) is 0 Å². The molecule has 0 saturated heterocycles. The van der Waals surface area contributed by atoms with Crippen molar-refractivity contribution in [3.05, 3.63) is 29.5 Å². The van der Waals surface area contributed by atoms with E-state index in [1.807, 2.05) is 18.2 Å². The summed E-state index contributed by atoms with van der Waals surface area (Å²) in [6.45, 7) is 10.7. The van der Waals surface area contributed by atoms with E-state index in [0.29, 0.717) is 17.1 Å². The molecule has 1 aromatic carbocycles. The zero-order chi connectivity index (χ0) is 17.3. The lowest BCUT2D eigenvalue weighted by atomic mass is 10.2. The minimum atomic E-state index is 0.521. The molecule has 24 heavy (non-hydrogen) atoms. The minimum absolute atomic E-state index is 0.521. The Hall–Kier alpha value is -1.85. The number of nitrogens with one attached hydrogen (secondary N) is 2. The number of hydrogen-bond acceptors (Lipinski definition) is 4. The number of halogens is 1. The zero-order valence-electron chi connectivity index (χ0n) is 14.6. The first kappa shape index (κ1) is 17.0. The van der Waals surface area contributed by atoms with Crippen LogP contribution in [0.1, 0.15) is 27.7 Å². The summed E-state index contributed by atoms with van der Waals surface area (Å²) in [7, 11) is 0. The van der Waals surface area contributed by atoms with Crippen molar-refractivity contribution in [2.75, 3.05) is 18.4 Å². The summed E-state index contributed by atoms with van der Waals surface area (Å²) >= 11 is 6.12. The molecule has 0 radical (unpaired) electrons. The lowest BCUT2D eigenvalue weighted by molar-refractivity contribution is 0.182. The molecule has 0 amide bonds. The number of H-pyrrole nitrogens is 1. The van der Waals surface area contributed by atoms with E-state index < -0.39 is 0 Å². The fraction of sp³-hybridized carbons (Fsp3) is 0.444. The summed E-state index contributed by atoms with van der Waals surface area (Å²) < 4.78 is 0. The summed E-state index contributed by atoms with van der Waals surface area (Å²) in [6.07, 6.45) is 1.60. The van der Waals surface area contributed by atoms with Crippen molar-refractivity contribution >= 4 is 39.4 Å². The molecule has 5 nitrogen and oxygen atoms in total. The summed E-state index contributed by atoms with van der Waals surface area (Å²) in [4.78, 5) is 14.7. The molecule has 0 fully saturated rings. The molecule has 128 valence electrons. The molecule has 2 aromatic heterocycles. The number of hydrogen-bond donors (Lipinski definition) is 2. The summed E-state index contributed by atoms with van der Waals surface area (Å²) in [5, 5.41) is 5.18. The van der Waals surface area contributed by atoms with Crippen LogP contribution in [0.5, 0.6) is 0 Å². The molecule has 3 rings (SSSR count). The van der Waals surface area contributed by atoms with Gasteiger partial charge in [-0.3, -0.25) is 4.90 Å². The fourth-order valence-electron chi connectivity index (χ4n) is 3.21. The van der Waals surface area contributed by atoms with E-state index in [1.165, 1.54) is 0 Å². The second-order valence-corrected chi connectivity index (χ2v) is 7.05. The predicted octanol–water partition coefficient (Wildman–Crippen LogP) is 4.30. The summed E-state index contributed by atoms with van der Waals surface area (Å²) in [5.41, 5.74) is 2.84. The Bertz CT molecular complexity index is 832. The van der Waals surface area contributed by atoms with Crippen molar-refractivity contribution in [1.29, 1.82) is 0 Å². The number of aromatic amines is 1. The molecule has 2 heterocycles. The highest BCUT2D eigenvalue weighted by Gasteiger charge is 2.14. The third-order valence-electron chi connectivity index (χ3n) is 4.33. The van der Waals surface area contributed by atoms with Crippen LogP contribution < -0.4 is 5.32 Å². The second kappa shape index (κ2) is 6.95. The maximum atomic E-state index is 6.12. The third-order valence-corrected chi connectivity index (χ3v) is 4.57. The fourth-order valence-corrected chi connectivity index (χ4v) is 3.39. The number of fused-ring (bicyclic) bond motifs is 3. The average molecular weight is 346 g/mol. The number of rotatable bonds is 6. The molecule has 0 unspecified atom stereocenters. The topological polar surface area (TPSA) is 56.8 Å². The Kier molecular flexibility index (Phi) is 4.92. The molecule has 0 aliphatic heterocycles. The van der Waals surface area contributed by atoms with Crippen LogP contribution in [-0.4, -0.2) is 45.0 Å². The van der Waals surface area contributed by atoms with Gasteiger partial charge in [-0.25, -0.2) is 9.97 Å². The van der Waals surface area contributed by atoms with Gasteiger partial charge >= 0.3 is 0 Å². The molecule has 0 saturated carbocycles. The van der Waals surface area contributed by atoms with Gasteiger partial charge in [-0.2, -0.15) is 0 Å². The van der Waals surface area contributed by atoms with Crippen LogP contribution in [0.4, 0.5) is 5.82 Å². The monoisotopic (exact) mass is 345 g/mol. The summed E-state index contributed by atoms with van der Waals surface area (Å²) in [5.74, 6) is 0.833. The van der Waals surface area contributed by atoms with Gasteiger partial charge in [0, 0.05) is 41.1 Å². The van der Waals surface area contributed by atoms with Crippen molar-refractivity contribution < 1.29 is 0 Å². The molecular weight excluding hydrogens is 322 g/mol. The smallest absolute Gasteiger partial charge is 0.153 e. The minimum Gasteiger partial charge on any atom is -0.367 e. The van der Waals surface area contributed by atoms with Gasteiger partial charge in [-0.15, -0.1) is 0 Å². The van der Waals surface area contributed by atoms with Crippen LogP contribution in [-0.2, 0) is 0 Å². The normalized spacial score (nSPS) is 12.2. The average Bonchev–Trinajstić information content (AvgIpc) is 2.89. The Labute approximate surface area is 147 Å². The highest BCUT2D eigenvalue weighted by atomic mass is 35.5. The Morgan fingerprint density at radius 1 is 1.17 bits per heavy atom. The molecular formula is C18H24ClN5. The molecule has 2 N–H and O–H groups in total. The van der Waals surface area contributed by atoms with E-state index in [9.17, 15) is 0 Å². The van der Waals surface area contributed by atoms with Gasteiger partial charge in [-0.05, 0) is 45.9 Å². The summed E-state index contributed by atoms with van der Waals surface area (Å²) in [6, 6.07) is 6.83. The Morgan fingerprint density at radius 3 is 2.62 bits per heavy atom. The third kappa shape index (κ3) is 3.32. The highest BCUT2D eigenvalue weighted by molar-refractivity contribution is 6.31.